The third-order valence-corrected chi connectivity index (χ3v) is 7.46. The number of carbonyl (C=O) groups is 1. The van der Waals surface area contributed by atoms with Gasteiger partial charge in [-0.25, -0.2) is 4.68 Å². The van der Waals surface area contributed by atoms with Gasteiger partial charge in [-0.2, -0.15) is 22.1 Å². The van der Waals surface area contributed by atoms with E-state index in [2.05, 4.69) is 5.10 Å². The number of aromatic nitrogens is 2. The van der Waals surface area contributed by atoms with Gasteiger partial charge in [0, 0.05) is 45.5 Å². The Morgan fingerprint density at radius 1 is 1.13 bits per heavy atom. The van der Waals surface area contributed by atoms with Crippen molar-refractivity contribution in [3.8, 4) is 11.4 Å². The lowest BCUT2D eigenvalue weighted by Gasteiger charge is -2.36. The highest BCUT2D eigenvalue weighted by Crippen LogP contribution is 2.24. The van der Waals surface area contributed by atoms with Crippen LogP contribution in [0.3, 0.4) is 0 Å². The van der Waals surface area contributed by atoms with Gasteiger partial charge in [0.15, 0.2) is 5.69 Å². The predicted octanol–water partition coefficient (Wildman–Crippen LogP) is 1.53. The monoisotopic (exact) mass is 435 g/mol. The van der Waals surface area contributed by atoms with Crippen molar-refractivity contribution < 1.29 is 17.9 Å². The highest BCUT2D eigenvalue weighted by Gasteiger charge is 2.32. The second-order valence-electron chi connectivity index (χ2n) is 7.10. The van der Waals surface area contributed by atoms with Crippen LogP contribution in [0, 0.1) is 6.92 Å². The van der Waals surface area contributed by atoms with Crippen LogP contribution in [0.1, 0.15) is 29.9 Å². The molecule has 0 aliphatic carbocycles. The van der Waals surface area contributed by atoms with Crippen molar-refractivity contribution in [1.29, 1.82) is 0 Å². The van der Waals surface area contributed by atoms with Crippen LogP contribution in [0.2, 0.25) is 0 Å². The molecule has 164 valence electrons. The van der Waals surface area contributed by atoms with Crippen molar-refractivity contribution in [1.82, 2.24) is 23.3 Å². The van der Waals surface area contributed by atoms with Crippen molar-refractivity contribution >= 4 is 16.1 Å². The van der Waals surface area contributed by atoms with E-state index in [0.717, 1.165) is 11.3 Å². The Hall–Kier alpha value is -2.43. The topological polar surface area (TPSA) is 88.0 Å². The Balaban J connectivity index is 1.71. The molecule has 3 rings (SSSR count). The number of piperazine rings is 1. The molecule has 0 radical (unpaired) electrons. The maximum absolute atomic E-state index is 12.9. The van der Waals surface area contributed by atoms with Crippen LogP contribution in [0.4, 0.5) is 0 Å². The number of methoxy groups -OCH3 is 1. The summed E-state index contributed by atoms with van der Waals surface area (Å²) in [5.74, 6) is 0.457. The Morgan fingerprint density at radius 2 is 1.80 bits per heavy atom. The molecule has 1 aromatic heterocycles. The molecule has 9 nitrogen and oxygen atoms in total. The zero-order chi connectivity index (χ0) is 21.9. The van der Waals surface area contributed by atoms with Crippen LogP contribution in [-0.2, 0) is 10.2 Å². The molecule has 10 heteroatoms. The normalized spacial score (nSPS) is 15.6. The van der Waals surface area contributed by atoms with E-state index < -0.39 is 10.2 Å². The summed E-state index contributed by atoms with van der Waals surface area (Å²) in [6.07, 6.45) is 1.73. The summed E-state index contributed by atoms with van der Waals surface area (Å²) in [4.78, 5) is 14.6. The maximum Gasteiger partial charge on any atom is 0.282 e. The summed E-state index contributed by atoms with van der Waals surface area (Å²) >= 11 is 0. The molecule has 0 bridgehead atoms. The molecule has 2 aromatic rings. The molecule has 1 aromatic carbocycles. The first-order valence-corrected chi connectivity index (χ1v) is 11.5. The van der Waals surface area contributed by atoms with Crippen molar-refractivity contribution in [2.45, 2.75) is 20.8 Å². The third-order valence-electron chi connectivity index (χ3n) is 5.27. The van der Waals surface area contributed by atoms with Crippen LogP contribution >= 0.6 is 0 Å². The van der Waals surface area contributed by atoms with Gasteiger partial charge in [-0.15, -0.1) is 0 Å². The first-order valence-electron chi connectivity index (χ1n) is 10.1. The quantitative estimate of drug-likeness (QED) is 0.658. The summed E-state index contributed by atoms with van der Waals surface area (Å²) in [5.41, 5.74) is 2.13. The fourth-order valence-electron chi connectivity index (χ4n) is 3.55. The molecule has 0 unspecified atom stereocenters. The highest BCUT2D eigenvalue weighted by atomic mass is 32.2. The first kappa shape index (κ1) is 22.3. The average Bonchev–Trinajstić information content (AvgIpc) is 3.24. The van der Waals surface area contributed by atoms with Gasteiger partial charge in [-0.05, 0) is 30.7 Å². The minimum absolute atomic E-state index is 0.208. The van der Waals surface area contributed by atoms with E-state index in [0.29, 0.717) is 37.6 Å². The smallest absolute Gasteiger partial charge is 0.282 e. The molecule has 1 aliphatic heterocycles. The molecule has 1 fully saturated rings. The van der Waals surface area contributed by atoms with Gasteiger partial charge < -0.3 is 9.64 Å². The van der Waals surface area contributed by atoms with Gasteiger partial charge in [0.2, 0.25) is 0 Å². The molecule has 0 saturated carbocycles. The van der Waals surface area contributed by atoms with Crippen molar-refractivity contribution in [2.24, 2.45) is 0 Å². The molecule has 0 spiro atoms. The molecular weight excluding hydrogens is 406 g/mol. The molecule has 1 amide bonds. The number of aryl methyl sites for hydroxylation is 1. The zero-order valence-electron chi connectivity index (χ0n) is 17.9. The van der Waals surface area contributed by atoms with Crippen molar-refractivity contribution in [2.75, 3.05) is 46.4 Å². The van der Waals surface area contributed by atoms with Gasteiger partial charge in [-0.3, -0.25) is 4.79 Å². The molecule has 1 saturated heterocycles. The fourth-order valence-corrected chi connectivity index (χ4v) is 5.15. The minimum atomic E-state index is -3.49. The van der Waals surface area contributed by atoms with Crippen LogP contribution in [0.5, 0.6) is 5.75 Å². The minimum Gasteiger partial charge on any atom is -0.494 e. The Morgan fingerprint density at radius 3 is 2.40 bits per heavy atom. The van der Waals surface area contributed by atoms with Gasteiger partial charge >= 0.3 is 0 Å². The number of hydrogen-bond donors (Lipinski definition) is 0. The highest BCUT2D eigenvalue weighted by molar-refractivity contribution is 7.86. The average molecular weight is 436 g/mol. The van der Waals surface area contributed by atoms with E-state index in [1.807, 2.05) is 39.0 Å². The second kappa shape index (κ2) is 9.15. The Bertz CT molecular complexity index is 992. The van der Waals surface area contributed by atoms with Gasteiger partial charge in [0.1, 0.15) is 11.4 Å². The zero-order valence-corrected chi connectivity index (χ0v) is 18.7. The molecular formula is C20H29N5O4S. The first-order chi connectivity index (χ1) is 14.3. The van der Waals surface area contributed by atoms with Gasteiger partial charge in [0.25, 0.3) is 16.1 Å². The Kier molecular flexibility index (Phi) is 6.79. The van der Waals surface area contributed by atoms with Crippen LogP contribution in [0.15, 0.2) is 30.5 Å². The standard InChI is InChI=1S/C20H29N5O4S/c1-5-23(6-2)30(27,28)24-13-11-22(12-14-24)20(26)17-9-10-25(21-17)18-15-16(3)7-8-19(18)29-4/h7-10,15H,5-6,11-14H2,1-4H3. The van der Waals surface area contributed by atoms with E-state index in [9.17, 15) is 13.2 Å². The number of amides is 1. The van der Waals surface area contributed by atoms with E-state index in [4.69, 9.17) is 4.74 Å². The Labute approximate surface area is 178 Å². The molecule has 2 heterocycles. The SMILES string of the molecule is CCN(CC)S(=O)(=O)N1CCN(C(=O)c2ccn(-c3cc(C)ccc3OC)n2)CC1. The summed E-state index contributed by atoms with van der Waals surface area (Å²) in [7, 11) is -1.89. The number of ether oxygens (including phenoxy) is 1. The van der Waals surface area contributed by atoms with Crippen LogP contribution in [0.25, 0.3) is 5.69 Å². The summed E-state index contributed by atoms with van der Waals surface area (Å²) in [5, 5.41) is 4.43. The van der Waals surface area contributed by atoms with E-state index in [1.165, 1.54) is 8.61 Å². The van der Waals surface area contributed by atoms with Crippen LogP contribution in [-0.4, -0.2) is 84.0 Å². The van der Waals surface area contributed by atoms with Gasteiger partial charge in [0.05, 0.1) is 7.11 Å². The largest absolute Gasteiger partial charge is 0.494 e. The van der Waals surface area contributed by atoms with Crippen molar-refractivity contribution in [3.05, 3.63) is 41.7 Å². The molecule has 0 atom stereocenters. The number of hydrogen-bond acceptors (Lipinski definition) is 5. The lowest BCUT2D eigenvalue weighted by Crippen LogP contribution is -2.54. The molecule has 0 N–H and O–H groups in total. The van der Waals surface area contributed by atoms with Gasteiger partial charge in [-0.1, -0.05) is 19.9 Å². The third kappa shape index (κ3) is 4.35. The van der Waals surface area contributed by atoms with E-state index in [-0.39, 0.29) is 19.0 Å². The number of rotatable bonds is 7. The van der Waals surface area contributed by atoms with E-state index >= 15 is 0 Å². The lowest BCUT2D eigenvalue weighted by molar-refractivity contribution is 0.0687. The fraction of sp³-hybridized carbons (Fsp3) is 0.500. The maximum atomic E-state index is 12.9. The number of carbonyl (C=O) groups excluding carboxylic acids is 1. The number of nitrogens with zero attached hydrogens (tertiary/aromatic N) is 5. The number of benzene rings is 1. The molecule has 1 aliphatic rings. The summed E-state index contributed by atoms with van der Waals surface area (Å²) in [6.45, 7) is 7.69. The lowest BCUT2D eigenvalue weighted by atomic mass is 10.2. The predicted molar refractivity (Wildman–Crippen MR) is 114 cm³/mol. The van der Waals surface area contributed by atoms with E-state index in [1.54, 1.807) is 29.0 Å². The van der Waals surface area contributed by atoms with Crippen molar-refractivity contribution in [3.63, 3.8) is 0 Å². The van der Waals surface area contributed by atoms with Crippen LogP contribution < -0.4 is 4.74 Å². The summed E-state index contributed by atoms with van der Waals surface area (Å²) < 4.78 is 35.2. The second-order valence-corrected chi connectivity index (χ2v) is 9.03. The summed E-state index contributed by atoms with van der Waals surface area (Å²) in [6, 6.07) is 7.42. The molecule has 30 heavy (non-hydrogen) atoms.